The number of benzene rings is 1. The van der Waals surface area contributed by atoms with Crippen molar-refractivity contribution in [3.63, 3.8) is 0 Å². The second kappa shape index (κ2) is 5.87. The summed E-state index contributed by atoms with van der Waals surface area (Å²) >= 11 is 0. The average molecular weight is 248 g/mol. The van der Waals surface area contributed by atoms with Crippen LogP contribution in [0.25, 0.3) is 0 Å². The number of hydrogen-bond donors (Lipinski definition) is 2. The van der Waals surface area contributed by atoms with E-state index in [-0.39, 0.29) is 11.9 Å². The molecule has 0 saturated carbocycles. The first-order valence-corrected chi connectivity index (χ1v) is 6.40. The smallest absolute Gasteiger partial charge is 0.241 e. The van der Waals surface area contributed by atoms with E-state index in [1.165, 1.54) is 0 Å². The summed E-state index contributed by atoms with van der Waals surface area (Å²) in [6, 6.07) is 7.75. The van der Waals surface area contributed by atoms with Crippen molar-refractivity contribution >= 4 is 11.6 Å². The number of carbonyl (C=O) groups is 1. The Morgan fingerprint density at radius 2 is 2.28 bits per heavy atom. The molecule has 2 atom stereocenters. The maximum Gasteiger partial charge on any atom is 0.241 e. The number of ether oxygens (including phenoxy) is 1. The molecule has 1 aliphatic heterocycles. The highest BCUT2D eigenvalue weighted by Gasteiger charge is 2.24. The van der Waals surface area contributed by atoms with Gasteiger partial charge in [-0.2, -0.15) is 0 Å². The molecule has 1 heterocycles. The number of carbonyl (C=O) groups excluding carboxylic acids is 1. The van der Waals surface area contributed by atoms with Gasteiger partial charge >= 0.3 is 0 Å². The van der Waals surface area contributed by atoms with Gasteiger partial charge in [0.25, 0.3) is 0 Å². The van der Waals surface area contributed by atoms with Gasteiger partial charge in [-0.25, -0.2) is 0 Å². The molecule has 2 unspecified atom stereocenters. The molecule has 2 rings (SSSR count). The molecule has 0 spiro atoms. The monoisotopic (exact) mass is 248 g/mol. The number of anilines is 1. The van der Waals surface area contributed by atoms with E-state index in [0.717, 1.165) is 30.7 Å². The van der Waals surface area contributed by atoms with Gasteiger partial charge < -0.3 is 15.4 Å². The molecule has 0 radical (unpaired) electrons. The van der Waals surface area contributed by atoms with E-state index < -0.39 is 0 Å². The minimum Gasteiger partial charge on any atom is -0.497 e. The zero-order valence-electron chi connectivity index (χ0n) is 10.9. The summed E-state index contributed by atoms with van der Waals surface area (Å²) in [5.74, 6) is 0.785. The van der Waals surface area contributed by atoms with E-state index >= 15 is 0 Å². The zero-order valence-corrected chi connectivity index (χ0v) is 10.9. The summed E-state index contributed by atoms with van der Waals surface area (Å²) in [7, 11) is 1.62. The summed E-state index contributed by atoms with van der Waals surface area (Å²) < 4.78 is 5.13. The Labute approximate surface area is 108 Å². The molecule has 4 nitrogen and oxygen atoms in total. The van der Waals surface area contributed by atoms with Crippen molar-refractivity contribution in [1.29, 1.82) is 0 Å². The van der Waals surface area contributed by atoms with Gasteiger partial charge in [-0.3, -0.25) is 4.79 Å². The number of hydrogen-bond acceptors (Lipinski definition) is 3. The van der Waals surface area contributed by atoms with Gasteiger partial charge in [-0.1, -0.05) is 6.07 Å². The van der Waals surface area contributed by atoms with Gasteiger partial charge in [0.05, 0.1) is 13.2 Å². The van der Waals surface area contributed by atoms with E-state index in [0.29, 0.717) is 6.04 Å². The van der Waals surface area contributed by atoms with Gasteiger partial charge in [0.15, 0.2) is 0 Å². The minimum atomic E-state index is -0.0834. The van der Waals surface area contributed by atoms with Crippen molar-refractivity contribution in [1.82, 2.24) is 5.32 Å². The first-order chi connectivity index (χ1) is 8.69. The topological polar surface area (TPSA) is 50.4 Å². The molecule has 0 bridgehead atoms. The lowest BCUT2D eigenvalue weighted by molar-refractivity contribution is -0.118. The molecule has 0 aliphatic carbocycles. The highest BCUT2D eigenvalue weighted by molar-refractivity contribution is 5.95. The SMILES string of the molecule is COc1cccc(NC(=O)C2CCCC(C)N2)c1. The molecule has 1 amide bonds. The largest absolute Gasteiger partial charge is 0.497 e. The predicted molar refractivity (Wildman–Crippen MR) is 71.9 cm³/mol. The van der Waals surface area contributed by atoms with Crippen molar-refractivity contribution in [3.8, 4) is 5.75 Å². The third-order valence-corrected chi connectivity index (χ3v) is 3.27. The third-order valence-electron chi connectivity index (χ3n) is 3.27. The fraction of sp³-hybridized carbons (Fsp3) is 0.500. The van der Waals surface area contributed by atoms with E-state index in [9.17, 15) is 4.79 Å². The van der Waals surface area contributed by atoms with E-state index in [1.807, 2.05) is 24.3 Å². The Hall–Kier alpha value is -1.55. The Morgan fingerprint density at radius 3 is 3.00 bits per heavy atom. The van der Waals surface area contributed by atoms with Crippen LogP contribution in [0.2, 0.25) is 0 Å². The summed E-state index contributed by atoms with van der Waals surface area (Å²) in [5, 5.41) is 6.25. The first kappa shape index (κ1) is 12.9. The van der Waals surface area contributed by atoms with Gasteiger partial charge in [0, 0.05) is 17.8 Å². The number of amides is 1. The predicted octanol–water partition coefficient (Wildman–Crippen LogP) is 2.16. The normalized spacial score (nSPS) is 23.4. The molecular weight excluding hydrogens is 228 g/mol. The fourth-order valence-corrected chi connectivity index (χ4v) is 2.28. The fourth-order valence-electron chi connectivity index (χ4n) is 2.28. The van der Waals surface area contributed by atoms with Crippen LogP contribution < -0.4 is 15.4 Å². The summed E-state index contributed by atoms with van der Waals surface area (Å²) in [4.78, 5) is 12.1. The van der Waals surface area contributed by atoms with Crippen molar-refractivity contribution in [2.45, 2.75) is 38.3 Å². The van der Waals surface area contributed by atoms with Gasteiger partial charge in [-0.15, -0.1) is 0 Å². The lowest BCUT2D eigenvalue weighted by Gasteiger charge is -2.27. The number of piperidine rings is 1. The van der Waals surface area contributed by atoms with Crippen molar-refractivity contribution < 1.29 is 9.53 Å². The summed E-state index contributed by atoms with van der Waals surface area (Å²) in [5.41, 5.74) is 0.777. The van der Waals surface area contributed by atoms with Crippen LogP contribution in [0.4, 0.5) is 5.69 Å². The van der Waals surface area contributed by atoms with Crippen LogP contribution in [-0.2, 0) is 4.79 Å². The highest BCUT2D eigenvalue weighted by atomic mass is 16.5. The Bertz CT molecular complexity index is 420. The number of rotatable bonds is 3. The maximum atomic E-state index is 12.1. The molecule has 1 aromatic carbocycles. The molecule has 18 heavy (non-hydrogen) atoms. The Morgan fingerprint density at radius 1 is 1.44 bits per heavy atom. The van der Waals surface area contributed by atoms with Crippen LogP contribution >= 0.6 is 0 Å². The Balaban J connectivity index is 1.97. The van der Waals surface area contributed by atoms with Crippen molar-refractivity contribution in [2.24, 2.45) is 0 Å². The van der Waals surface area contributed by atoms with Crippen LogP contribution in [0, 0.1) is 0 Å². The summed E-state index contributed by atoms with van der Waals surface area (Å²) in [6.07, 6.45) is 3.15. The molecule has 2 N–H and O–H groups in total. The number of methoxy groups -OCH3 is 1. The molecule has 1 saturated heterocycles. The lowest BCUT2D eigenvalue weighted by atomic mass is 9.99. The van der Waals surface area contributed by atoms with Crippen LogP contribution in [0.1, 0.15) is 26.2 Å². The molecule has 1 aromatic rings. The maximum absolute atomic E-state index is 12.1. The molecule has 1 fully saturated rings. The van der Waals surface area contributed by atoms with Crippen molar-refractivity contribution in [2.75, 3.05) is 12.4 Å². The second-order valence-electron chi connectivity index (χ2n) is 4.77. The van der Waals surface area contributed by atoms with E-state index in [4.69, 9.17) is 4.74 Å². The lowest BCUT2D eigenvalue weighted by Crippen LogP contribution is -2.47. The molecule has 0 aromatic heterocycles. The molecule has 1 aliphatic rings. The van der Waals surface area contributed by atoms with Gasteiger partial charge in [0.2, 0.25) is 5.91 Å². The summed E-state index contributed by atoms with van der Waals surface area (Å²) in [6.45, 7) is 2.12. The quantitative estimate of drug-likeness (QED) is 0.862. The average Bonchev–Trinajstić information content (AvgIpc) is 2.39. The van der Waals surface area contributed by atoms with Gasteiger partial charge in [0.1, 0.15) is 5.75 Å². The minimum absolute atomic E-state index is 0.0369. The van der Waals surface area contributed by atoms with Crippen LogP contribution in [0.3, 0.4) is 0 Å². The van der Waals surface area contributed by atoms with Crippen molar-refractivity contribution in [3.05, 3.63) is 24.3 Å². The van der Waals surface area contributed by atoms with Gasteiger partial charge in [-0.05, 0) is 38.3 Å². The van der Waals surface area contributed by atoms with E-state index in [2.05, 4.69) is 17.6 Å². The Kier molecular flexibility index (Phi) is 4.20. The number of nitrogens with one attached hydrogen (secondary N) is 2. The van der Waals surface area contributed by atoms with Crippen LogP contribution in [0.5, 0.6) is 5.75 Å². The molecule has 4 heteroatoms. The highest BCUT2D eigenvalue weighted by Crippen LogP contribution is 2.18. The van der Waals surface area contributed by atoms with Crippen LogP contribution in [0.15, 0.2) is 24.3 Å². The standard InChI is InChI=1S/C14H20N2O2/c1-10-5-3-8-13(15-10)14(17)16-11-6-4-7-12(9-11)18-2/h4,6-7,9-10,13,15H,3,5,8H2,1-2H3,(H,16,17). The first-order valence-electron chi connectivity index (χ1n) is 6.40. The molecule has 98 valence electrons. The van der Waals surface area contributed by atoms with E-state index in [1.54, 1.807) is 7.11 Å². The zero-order chi connectivity index (χ0) is 13.0. The second-order valence-corrected chi connectivity index (χ2v) is 4.77. The van der Waals surface area contributed by atoms with Crippen LogP contribution in [-0.4, -0.2) is 25.1 Å². The third kappa shape index (κ3) is 3.23. The molecular formula is C14H20N2O2.